The van der Waals surface area contributed by atoms with Crippen molar-refractivity contribution in [3.63, 3.8) is 0 Å². The van der Waals surface area contributed by atoms with Crippen molar-refractivity contribution >= 4 is 5.91 Å². The fraction of sp³-hybridized carbons (Fsp3) is 0.929. The van der Waals surface area contributed by atoms with E-state index in [0.29, 0.717) is 6.04 Å². The number of nitrogens with one attached hydrogen (secondary N) is 2. The zero-order chi connectivity index (χ0) is 12.2. The summed E-state index contributed by atoms with van der Waals surface area (Å²) in [5, 5.41) is 6.53. The minimum Gasteiger partial charge on any atom is -0.351 e. The number of rotatable bonds is 4. The molecule has 0 spiro atoms. The average molecular weight is 236 g/mol. The lowest BCUT2D eigenvalue weighted by Crippen LogP contribution is -2.53. The molecule has 2 N–H and O–H groups in total. The van der Waals surface area contributed by atoms with Crippen molar-refractivity contribution in [1.29, 1.82) is 0 Å². The summed E-state index contributed by atoms with van der Waals surface area (Å²) in [6.07, 6.45) is 4.27. The van der Waals surface area contributed by atoms with Crippen LogP contribution in [-0.2, 0) is 4.79 Å². The van der Waals surface area contributed by atoms with Crippen LogP contribution >= 0.6 is 0 Å². The molecule has 96 valence electrons. The van der Waals surface area contributed by atoms with Gasteiger partial charge in [-0.1, -0.05) is 6.92 Å². The van der Waals surface area contributed by atoms with Gasteiger partial charge in [0, 0.05) is 6.04 Å². The third kappa shape index (κ3) is 1.70. The molecule has 3 rings (SSSR count). The van der Waals surface area contributed by atoms with E-state index < -0.39 is 5.54 Å². The lowest BCUT2D eigenvalue weighted by Gasteiger charge is -2.25. The molecule has 3 saturated carbocycles. The molecule has 3 fully saturated rings. The summed E-state index contributed by atoms with van der Waals surface area (Å²) in [5.41, 5.74) is -0.426. The van der Waals surface area contributed by atoms with Crippen molar-refractivity contribution in [1.82, 2.24) is 10.6 Å². The molecule has 4 unspecified atom stereocenters. The molecule has 3 aliphatic carbocycles. The Bertz CT molecular complexity index is 323. The van der Waals surface area contributed by atoms with Crippen LogP contribution < -0.4 is 10.6 Å². The van der Waals surface area contributed by atoms with E-state index in [1.54, 1.807) is 0 Å². The van der Waals surface area contributed by atoms with Crippen LogP contribution in [0.15, 0.2) is 0 Å². The fourth-order valence-electron chi connectivity index (χ4n) is 4.37. The summed E-state index contributed by atoms with van der Waals surface area (Å²) in [6.45, 7) is 6.82. The quantitative estimate of drug-likeness (QED) is 0.777. The first-order valence-corrected chi connectivity index (χ1v) is 7.10. The minimum absolute atomic E-state index is 0.179. The third-order valence-corrected chi connectivity index (χ3v) is 5.22. The van der Waals surface area contributed by atoms with Crippen LogP contribution in [0.5, 0.6) is 0 Å². The highest BCUT2D eigenvalue weighted by molar-refractivity contribution is 5.86. The molecule has 0 radical (unpaired) electrons. The Balaban J connectivity index is 1.58. The molecule has 0 saturated heterocycles. The molecule has 0 aromatic heterocycles. The van der Waals surface area contributed by atoms with Gasteiger partial charge < -0.3 is 10.6 Å². The summed E-state index contributed by atoms with van der Waals surface area (Å²) in [4.78, 5) is 12.2. The van der Waals surface area contributed by atoms with Crippen molar-refractivity contribution < 1.29 is 4.79 Å². The van der Waals surface area contributed by atoms with Gasteiger partial charge in [-0.2, -0.15) is 0 Å². The van der Waals surface area contributed by atoms with Gasteiger partial charge in [0.05, 0.1) is 5.54 Å². The van der Waals surface area contributed by atoms with E-state index in [1.165, 1.54) is 19.3 Å². The Morgan fingerprint density at radius 1 is 1.24 bits per heavy atom. The molecule has 4 atom stereocenters. The average Bonchev–Trinajstić information content (AvgIpc) is 2.69. The van der Waals surface area contributed by atoms with Crippen molar-refractivity contribution in [2.24, 2.45) is 23.7 Å². The molecule has 0 aromatic carbocycles. The number of amides is 1. The number of fused-ring (bicyclic) bond motifs is 5. The zero-order valence-electron chi connectivity index (χ0n) is 11.1. The molecule has 3 aliphatic rings. The molecular weight excluding hydrogens is 212 g/mol. The monoisotopic (exact) mass is 236 g/mol. The Morgan fingerprint density at radius 3 is 2.35 bits per heavy atom. The van der Waals surface area contributed by atoms with Crippen molar-refractivity contribution in [2.45, 2.75) is 51.6 Å². The lowest BCUT2D eigenvalue weighted by molar-refractivity contribution is -0.126. The van der Waals surface area contributed by atoms with E-state index in [-0.39, 0.29) is 5.91 Å². The third-order valence-electron chi connectivity index (χ3n) is 5.22. The maximum absolute atomic E-state index is 12.2. The van der Waals surface area contributed by atoms with Crippen LogP contribution in [0.2, 0.25) is 0 Å². The standard InChI is InChI=1S/C14H24N2O/c1-4-15-14(2,3)13(17)16-12-10-8-5-6-9(7-8)11(10)12/h8-12,15H,4-7H2,1-3H3,(H,16,17). The molecular formula is C14H24N2O. The predicted molar refractivity (Wildman–Crippen MR) is 67.5 cm³/mol. The van der Waals surface area contributed by atoms with Gasteiger partial charge in [-0.3, -0.25) is 4.79 Å². The molecule has 0 heterocycles. The van der Waals surface area contributed by atoms with Crippen LogP contribution in [0.1, 0.15) is 40.0 Å². The topological polar surface area (TPSA) is 41.1 Å². The molecule has 17 heavy (non-hydrogen) atoms. The Kier molecular flexibility index (Phi) is 2.51. The highest BCUT2D eigenvalue weighted by atomic mass is 16.2. The first kappa shape index (κ1) is 11.5. The van der Waals surface area contributed by atoms with Gasteiger partial charge in [-0.15, -0.1) is 0 Å². The van der Waals surface area contributed by atoms with Crippen LogP contribution in [-0.4, -0.2) is 24.0 Å². The summed E-state index contributed by atoms with van der Waals surface area (Å²) < 4.78 is 0. The summed E-state index contributed by atoms with van der Waals surface area (Å²) in [7, 11) is 0. The molecule has 1 amide bonds. The maximum atomic E-state index is 12.2. The second-order valence-electron chi connectivity index (χ2n) is 6.64. The second-order valence-corrected chi connectivity index (χ2v) is 6.64. The van der Waals surface area contributed by atoms with Gasteiger partial charge in [0.25, 0.3) is 0 Å². The normalized spacial score (nSPS) is 42.4. The molecule has 2 bridgehead atoms. The zero-order valence-corrected chi connectivity index (χ0v) is 11.1. The Morgan fingerprint density at radius 2 is 1.82 bits per heavy atom. The van der Waals surface area contributed by atoms with Crippen molar-refractivity contribution in [3.05, 3.63) is 0 Å². The largest absolute Gasteiger partial charge is 0.351 e. The Labute approximate surface area is 104 Å². The van der Waals surface area contributed by atoms with Crippen LogP contribution in [0.25, 0.3) is 0 Å². The first-order chi connectivity index (χ1) is 8.04. The summed E-state index contributed by atoms with van der Waals surface area (Å²) >= 11 is 0. The Hall–Kier alpha value is -0.570. The van der Waals surface area contributed by atoms with Gasteiger partial charge in [0.2, 0.25) is 5.91 Å². The van der Waals surface area contributed by atoms with E-state index in [0.717, 1.165) is 30.2 Å². The summed E-state index contributed by atoms with van der Waals surface area (Å²) in [6, 6.07) is 0.506. The number of hydrogen-bond donors (Lipinski definition) is 2. The molecule has 0 aromatic rings. The number of carbonyl (C=O) groups excluding carboxylic acids is 1. The first-order valence-electron chi connectivity index (χ1n) is 7.10. The number of carbonyl (C=O) groups is 1. The molecule has 3 heteroatoms. The smallest absolute Gasteiger partial charge is 0.239 e. The van der Waals surface area contributed by atoms with E-state index in [4.69, 9.17) is 0 Å². The number of hydrogen-bond acceptors (Lipinski definition) is 2. The van der Waals surface area contributed by atoms with Gasteiger partial charge in [0.15, 0.2) is 0 Å². The highest BCUT2D eigenvalue weighted by Gasteiger charge is 2.65. The van der Waals surface area contributed by atoms with Gasteiger partial charge >= 0.3 is 0 Å². The lowest BCUT2D eigenvalue weighted by atomic mass is 10.0. The van der Waals surface area contributed by atoms with Crippen molar-refractivity contribution in [3.8, 4) is 0 Å². The fourth-order valence-corrected chi connectivity index (χ4v) is 4.37. The van der Waals surface area contributed by atoms with E-state index in [9.17, 15) is 4.79 Å². The van der Waals surface area contributed by atoms with Gasteiger partial charge in [-0.25, -0.2) is 0 Å². The summed E-state index contributed by atoms with van der Waals surface area (Å²) in [5.74, 6) is 3.69. The highest BCUT2D eigenvalue weighted by Crippen LogP contribution is 2.65. The van der Waals surface area contributed by atoms with Crippen LogP contribution in [0, 0.1) is 23.7 Å². The van der Waals surface area contributed by atoms with E-state index in [2.05, 4.69) is 10.6 Å². The maximum Gasteiger partial charge on any atom is 0.239 e. The van der Waals surface area contributed by atoms with Crippen LogP contribution in [0.4, 0.5) is 0 Å². The predicted octanol–water partition coefficient (Wildman–Crippen LogP) is 1.54. The number of likely N-dealkylation sites (N-methyl/N-ethyl adjacent to an activating group) is 1. The van der Waals surface area contributed by atoms with Gasteiger partial charge in [-0.05, 0) is 63.3 Å². The minimum atomic E-state index is -0.426. The molecule has 3 nitrogen and oxygen atoms in total. The van der Waals surface area contributed by atoms with E-state index in [1.807, 2.05) is 20.8 Å². The molecule has 0 aliphatic heterocycles. The van der Waals surface area contributed by atoms with Gasteiger partial charge in [0.1, 0.15) is 0 Å². The van der Waals surface area contributed by atoms with Crippen LogP contribution in [0.3, 0.4) is 0 Å². The van der Waals surface area contributed by atoms with Crippen molar-refractivity contribution in [2.75, 3.05) is 6.54 Å². The van der Waals surface area contributed by atoms with E-state index >= 15 is 0 Å². The SMILES string of the molecule is CCNC(C)(C)C(=O)NC1C2C3CCC(C3)C12. The second kappa shape index (κ2) is 3.71.